The van der Waals surface area contributed by atoms with Crippen molar-refractivity contribution in [2.45, 2.75) is 0 Å². The zero-order chi connectivity index (χ0) is 18.6. The van der Waals surface area contributed by atoms with E-state index < -0.39 is 0 Å². The van der Waals surface area contributed by atoms with E-state index in [-0.39, 0.29) is 0 Å². The van der Waals surface area contributed by atoms with Crippen LogP contribution in [0.2, 0.25) is 0 Å². The number of hydrogen-bond donors (Lipinski definition) is 0. The average Bonchev–Trinajstić information content (AvgIpc) is 2.74. The molecule has 1 aliphatic heterocycles. The molecular formula is C22H17N3O2. The van der Waals surface area contributed by atoms with Crippen molar-refractivity contribution in [2.75, 3.05) is 31.2 Å². The van der Waals surface area contributed by atoms with Crippen molar-refractivity contribution in [3.05, 3.63) is 65.7 Å². The number of fused-ring (bicyclic) bond motifs is 1. The highest BCUT2D eigenvalue weighted by atomic mass is 16.5. The summed E-state index contributed by atoms with van der Waals surface area (Å²) in [6, 6.07) is 21.5. The summed E-state index contributed by atoms with van der Waals surface area (Å²) in [5, 5.41) is 20.9. The van der Waals surface area contributed by atoms with Crippen molar-refractivity contribution in [3.63, 3.8) is 0 Å². The molecule has 0 amide bonds. The first kappa shape index (κ1) is 16.9. The number of nitriles is 2. The van der Waals surface area contributed by atoms with Gasteiger partial charge in [0.15, 0.2) is 5.75 Å². The van der Waals surface area contributed by atoms with Crippen LogP contribution in [0, 0.1) is 22.7 Å². The molecule has 27 heavy (non-hydrogen) atoms. The molecule has 0 aromatic heterocycles. The van der Waals surface area contributed by atoms with Gasteiger partial charge in [0, 0.05) is 24.5 Å². The van der Waals surface area contributed by atoms with Gasteiger partial charge in [0.1, 0.15) is 17.9 Å². The number of morpholine rings is 1. The predicted molar refractivity (Wildman–Crippen MR) is 103 cm³/mol. The first-order valence-electron chi connectivity index (χ1n) is 8.76. The van der Waals surface area contributed by atoms with Crippen LogP contribution >= 0.6 is 0 Å². The molecule has 0 aliphatic carbocycles. The molecule has 1 saturated heterocycles. The normalized spacial score (nSPS) is 13.8. The second-order valence-electron chi connectivity index (χ2n) is 6.27. The van der Waals surface area contributed by atoms with Crippen LogP contribution in [-0.4, -0.2) is 26.3 Å². The Morgan fingerprint density at radius 3 is 2.33 bits per heavy atom. The summed E-state index contributed by atoms with van der Waals surface area (Å²) in [6.07, 6.45) is 0. The lowest BCUT2D eigenvalue weighted by molar-refractivity contribution is 0.122. The Hall–Kier alpha value is -3.54. The largest absolute Gasteiger partial charge is 0.454 e. The van der Waals surface area contributed by atoms with Crippen LogP contribution in [0.4, 0.5) is 5.69 Å². The fraction of sp³-hybridized carbons (Fsp3) is 0.182. The Morgan fingerprint density at radius 1 is 0.852 bits per heavy atom. The van der Waals surface area contributed by atoms with E-state index in [4.69, 9.17) is 9.47 Å². The molecule has 132 valence electrons. The number of benzene rings is 3. The van der Waals surface area contributed by atoms with Crippen molar-refractivity contribution >= 4 is 16.5 Å². The molecule has 3 aromatic rings. The minimum Gasteiger partial charge on any atom is -0.454 e. The van der Waals surface area contributed by atoms with Gasteiger partial charge in [-0.1, -0.05) is 36.4 Å². The fourth-order valence-electron chi connectivity index (χ4n) is 3.29. The maximum atomic E-state index is 9.42. The summed E-state index contributed by atoms with van der Waals surface area (Å²) in [5.41, 5.74) is 1.47. The van der Waals surface area contributed by atoms with Crippen LogP contribution in [0.25, 0.3) is 10.8 Å². The van der Waals surface area contributed by atoms with Crippen molar-refractivity contribution in [1.82, 2.24) is 0 Å². The van der Waals surface area contributed by atoms with Crippen LogP contribution in [0.3, 0.4) is 0 Å². The molecule has 1 heterocycles. The van der Waals surface area contributed by atoms with Gasteiger partial charge >= 0.3 is 0 Å². The monoisotopic (exact) mass is 355 g/mol. The van der Waals surface area contributed by atoms with E-state index in [2.05, 4.69) is 17.0 Å². The molecule has 5 heteroatoms. The zero-order valence-electron chi connectivity index (χ0n) is 14.7. The van der Waals surface area contributed by atoms with Gasteiger partial charge in [-0.25, -0.2) is 0 Å². The quantitative estimate of drug-likeness (QED) is 0.704. The van der Waals surface area contributed by atoms with Crippen LogP contribution in [0.15, 0.2) is 54.6 Å². The summed E-state index contributed by atoms with van der Waals surface area (Å²) < 4.78 is 11.7. The Bertz CT molecular complexity index is 1070. The van der Waals surface area contributed by atoms with Gasteiger partial charge in [-0.05, 0) is 17.5 Å². The van der Waals surface area contributed by atoms with Crippen LogP contribution < -0.4 is 9.64 Å². The molecule has 0 atom stereocenters. The van der Waals surface area contributed by atoms with Gasteiger partial charge in [-0.15, -0.1) is 0 Å². The van der Waals surface area contributed by atoms with E-state index in [0.717, 1.165) is 22.2 Å². The summed E-state index contributed by atoms with van der Waals surface area (Å²) in [5.74, 6) is 1.29. The number of rotatable bonds is 3. The topological polar surface area (TPSA) is 69.3 Å². The molecule has 5 nitrogen and oxygen atoms in total. The van der Waals surface area contributed by atoms with Crippen molar-refractivity contribution in [3.8, 4) is 23.6 Å². The van der Waals surface area contributed by atoms with Gasteiger partial charge in [0.05, 0.1) is 30.0 Å². The van der Waals surface area contributed by atoms with Gasteiger partial charge in [0.25, 0.3) is 0 Å². The van der Waals surface area contributed by atoms with E-state index in [1.807, 2.05) is 42.5 Å². The standard InChI is InChI=1S/C22H17N3O2/c23-14-17-12-20(25-8-10-26-11-9-25)22(13-18(17)15-24)27-21-7-3-5-16-4-1-2-6-19(16)21/h1-7,12-13H,8-11H2. The highest BCUT2D eigenvalue weighted by molar-refractivity contribution is 5.88. The molecule has 0 spiro atoms. The molecular weight excluding hydrogens is 338 g/mol. The Balaban J connectivity index is 1.83. The number of ether oxygens (including phenoxy) is 2. The highest BCUT2D eigenvalue weighted by Gasteiger charge is 2.20. The molecule has 0 unspecified atom stereocenters. The van der Waals surface area contributed by atoms with Crippen molar-refractivity contribution < 1.29 is 9.47 Å². The summed E-state index contributed by atoms with van der Waals surface area (Å²) >= 11 is 0. The molecule has 0 N–H and O–H groups in total. The van der Waals surface area contributed by atoms with Gasteiger partial charge in [-0.2, -0.15) is 10.5 Å². The van der Waals surface area contributed by atoms with Crippen LogP contribution in [0.5, 0.6) is 11.5 Å². The van der Waals surface area contributed by atoms with Gasteiger partial charge < -0.3 is 14.4 Å². The molecule has 0 saturated carbocycles. The lowest BCUT2D eigenvalue weighted by Gasteiger charge is -2.30. The third-order valence-corrected chi connectivity index (χ3v) is 4.66. The molecule has 0 bridgehead atoms. The van der Waals surface area contributed by atoms with Crippen molar-refractivity contribution in [1.29, 1.82) is 10.5 Å². The first-order valence-corrected chi connectivity index (χ1v) is 8.76. The second kappa shape index (κ2) is 7.37. The van der Waals surface area contributed by atoms with E-state index in [9.17, 15) is 10.5 Å². The Kier molecular flexibility index (Phi) is 4.61. The minimum atomic E-state index is 0.310. The molecule has 0 radical (unpaired) electrons. The van der Waals surface area contributed by atoms with Gasteiger partial charge in [0.2, 0.25) is 0 Å². The van der Waals surface area contributed by atoms with Gasteiger partial charge in [-0.3, -0.25) is 0 Å². The SMILES string of the molecule is N#Cc1cc(Oc2cccc3ccccc23)c(N2CCOCC2)cc1C#N. The smallest absolute Gasteiger partial charge is 0.152 e. The molecule has 1 fully saturated rings. The molecule has 4 rings (SSSR count). The number of hydrogen-bond acceptors (Lipinski definition) is 5. The maximum absolute atomic E-state index is 9.42. The third kappa shape index (κ3) is 3.29. The van der Waals surface area contributed by atoms with E-state index >= 15 is 0 Å². The average molecular weight is 355 g/mol. The number of nitrogens with zero attached hydrogens (tertiary/aromatic N) is 3. The Morgan fingerprint density at radius 2 is 1.56 bits per heavy atom. The van der Waals surface area contributed by atoms with E-state index in [1.165, 1.54) is 0 Å². The van der Waals surface area contributed by atoms with E-state index in [0.29, 0.717) is 43.2 Å². The summed E-state index contributed by atoms with van der Waals surface area (Å²) in [7, 11) is 0. The first-order chi connectivity index (χ1) is 13.3. The van der Waals surface area contributed by atoms with E-state index in [1.54, 1.807) is 12.1 Å². The fourth-order valence-corrected chi connectivity index (χ4v) is 3.29. The highest BCUT2D eigenvalue weighted by Crippen LogP contribution is 2.37. The lowest BCUT2D eigenvalue weighted by Crippen LogP contribution is -2.36. The van der Waals surface area contributed by atoms with Crippen LogP contribution in [-0.2, 0) is 4.74 Å². The summed E-state index contributed by atoms with van der Waals surface area (Å²) in [6.45, 7) is 2.66. The molecule has 1 aliphatic rings. The Labute approximate surface area is 157 Å². The zero-order valence-corrected chi connectivity index (χ0v) is 14.7. The summed E-state index contributed by atoms with van der Waals surface area (Å²) in [4.78, 5) is 2.13. The second-order valence-corrected chi connectivity index (χ2v) is 6.27. The van der Waals surface area contributed by atoms with Crippen LogP contribution in [0.1, 0.15) is 11.1 Å². The predicted octanol–water partition coefficient (Wildman–Crippen LogP) is 4.21. The maximum Gasteiger partial charge on any atom is 0.152 e. The lowest BCUT2D eigenvalue weighted by atomic mass is 10.1. The minimum absolute atomic E-state index is 0.310. The number of anilines is 1. The third-order valence-electron chi connectivity index (χ3n) is 4.66. The van der Waals surface area contributed by atoms with Crippen molar-refractivity contribution in [2.24, 2.45) is 0 Å². The molecule has 3 aromatic carbocycles.